The fraction of sp³-hybridized carbons (Fsp3) is 0.609. The molecule has 1 aromatic carbocycles. The standard InChI is InChI=1S/C23H35ClN6.HI/c1-25-23(30-13-8-22(19-30)28-11-2-3-12-28)26-9-5-10-27-14-16-29(17-15-27)21-7-4-6-20(24)18-21;/h2-4,6-7,18,22H,5,8-17,19H2,1H3,(H,25,26);1H. The van der Waals surface area contributed by atoms with Gasteiger partial charge in [-0.2, -0.15) is 0 Å². The maximum absolute atomic E-state index is 6.14. The summed E-state index contributed by atoms with van der Waals surface area (Å²) in [5.74, 6) is 1.07. The fourth-order valence-electron chi connectivity index (χ4n) is 4.76. The Morgan fingerprint density at radius 3 is 2.61 bits per heavy atom. The molecule has 8 heteroatoms. The third-order valence-corrected chi connectivity index (χ3v) is 6.75. The molecule has 172 valence electrons. The highest BCUT2D eigenvalue weighted by molar-refractivity contribution is 14.0. The van der Waals surface area contributed by atoms with Gasteiger partial charge in [0, 0.05) is 82.7 Å². The molecular formula is C23H36ClIN6. The van der Waals surface area contributed by atoms with E-state index >= 15 is 0 Å². The highest BCUT2D eigenvalue weighted by Crippen LogP contribution is 2.21. The quantitative estimate of drug-likeness (QED) is 0.191. The van der Waals surface area contributed by atoms with Crippen LogP contribution in [0.4, 0.5) is 5.69 Å². The second-order valence-electron chi connectivity index (χ2n) is 8.45. The smallest absolute Gasteiger partial charge is 0.193 e. The van der Waals surface area contributed by atoms with Crippen molar-refractivity contribution in [3.05, 3.63) is 41.4 Å². The highest BCUT2D eigenvalue weighted by Gasteiger charge is 2.29. The van der Waals surface area contributed by atoms with Gasteiger partial charge in [-0.25, -0.2) is 0 Å². The zero-order chi connectivity index (χ0) is 20.8. The Kier molecular flexibility index (Phi) is 9.74. The molecule has 1 N–H and O–H groups in total. The van der Waals surface area contributed by atoms with Crippen LogP contribution in [0.3, 0.4) is 0 Å². The van der Waals surface area contributed by atoms with Crippen LogP contribution in [0.5, 0.6) is 0 Å². The Morgan fingerprint density at radius 1 is 1.13 bits per heavy atom. The van der Waals surface area contributed by atoms with Crippen molar-refractivity contribution in [2.24, 2.45) is 4.99 Å². The lowest BCUT2D eigenvalue weighted by Crippen LogP contribution is -2.47. The molecule has 3 aliphatic heterocycles. The first-order valence-corrected chi connectivity index (χ1v) is 11.7. The van der Waals surface area contributed by atoms with Crippen LogP contribution in [0.15, 0.2) is 41.4 Å². The first kappa shape index (κ1) is 24.6. The van der Waals surface area contributed by atoms with Gasteiger partial charge in [0.25, 0.3) is 0 Å². The van der Waals surface area contributed by atoms with Crippen LogP contribution in [-0.2, 0) is 0 Å². The van der Waals surface area contributed by atoms with Crippen LogP contribution >= 0.6 is 35.6 Å². The van der Waals surface area contributed by atoms with E-state index in [1.54, 1.807) is 0 Å². The lowest BCUT2D eigenvalue weighted by atomic mass is 10.2. The van der Waals surface area contributed by atoms with E-state index in [2.05, 4.69) is 54.2 Å². The molecule has 3 aliphatic rings. The van der Waals surface area contributed by atoms with Crippen molar-refractivity contribution in [2.45, 2.75) is 18.9 Å². The Bertz CT molecular complexity index is 741. The van der Waals surface area contributed by atoms with Crippen LogP contribution in [0.2, 0.25) is 5.02 Å². The summed E-state index contributed by atoms with van der Waals surface area (Å²) in [7, 11) is 1.90. The van der Waals surface area contributed by atoms with Crippen molar-refractivity contribution in [1.82, 2.24) is 20.0 Å². The number of nitrogens with one attached hydrogen (secondary N) is 1. The van der Waals surface area contributed by atoms with E-state index in [1.165, 1.54) is 12.1 Å². The van der Waals surface area contributed by atoms with Crippen molar-refractivity contribution in [3.63, 3.8) is 0 Å². The molecule has 6 nitrogen and oxygen atoms in total. The monoisotopic (exact) mass is 558 g/mol. The summed E-state index contributed by atoms with van der Waals surface area (Å²) in [6.07, 6.45) is 6.94. The van der Waals surface area contributed by atoms with E-state index in [0.29, 0.717) is 6.04 Å². The molecule has 1 aromatic rings. The first-order valence-electron chi connectivity index (χ1n) is 11.3. The minimum Gasteiger partial charge on any atom is -0.369 e. The van der Waals surface area contributed by atoms with E-state index in [1.807, 2.05) is 19.2 Å². The molecule has 0 spiro atoms. The number of anilines is 1. The molecule has 3 heterocycles. The van der Waals surface area contributed by atoms with E-state index in [-0.39, 0.29) is 24.0 Å². The third kappa shape index (κ3) is 6.73. The third-order valence-electron chi connectivity index (χ3n) is 6.52. The zero-order valence-electron chi connectivity index (χ0n) is 18.5. The predicted molar refractivity (Wildman–Crippen MR) is 142 cm³/mol. The topological polar surface area (TPSA) is 37.4 Å². The van der Waals surface area contributed by atoms with Crippen LogP contribution in [0, 0.1) is 0 Å². The molecule has 0 radical (unpaired) electrons. The van der Waals surface area contributed by atoms with Gasteiger partial charge in [-0.15, -0.1) is 24.0 Å². The first-order chi connectivity index (χ1) is 14.7. The number of benzene rings is 1. The Balaban J connectivity index is 0.00000272. The van der Waals surface area contributed by atoms with Crippen molar-refractivity contribution < 1.29 is 0 Å². The Labute approximate surface area is 209 Å². The lowest BCUT2D eigenvalue weighted by molar-refractivity contribution is 0.254. The number of rotatable bonds is 6. The SMILES string of the molecule is CN=C(NCCCN1CCN(c2cccc(Cl)c2)CC1)N1CCC(N2CC=CC2)C1.I. The van der Waals surface area contributed by atoms with Gasteiger partial charge in [0.05, 0.1) is 0 Å². The van der Waals surface area contributed by atoms with Gasteiger partial charge in [0.15, 0.2) is 5.96 Å². The number of hydrogen-bond donors (Lipinski definition) is 1. The summed E-state index contributed by atoms with van der Waals surface area (Å²) >= 11 is 6.14. The normalized spacial score (nSPS) is 22.8. The minimum atomic E-state index is 0. The van der Waals surface area contributed by atoms with Crippen molar-refractivity contribution in [1.29, 1.82) is 0 Å². The molecule has 4 rings (SSSR count). The fourth-order valence-corrected chi connectivity index (χ4v) is 4.95. The molecule has 0 bridgehead atoms. The molecule has 0 amide bonds. The van der Waals surface area contributed by atoms with Gasteiger partial charge in [0.1, 0.15) is 0 Å². The lowest BCUT2D eigenvalue weighted by Gasteiger charge is -2.36. The van der Waals surface area contributed by atoms with Gasteiger partial charge in [0.2, 0.25) is 0 Å². The Morgan fingerprint density at radius 2 is 1.90 bits per heavy atom. The molecule has 2 saturated heterocycles. The number of aliphatic imine (C=N–C) groups is 1. The summed E-state index contributed by atoms with van der Waals surface area (Å²) in [5, 5.41) is 4.41. The minimum absolute atomic E-state index is 0. The Hall–Kier alpha value is -1.03. The van der Waals surface area contributed by atoms with Gasteiger partial charge >= 0.3 is 0 Å². The average Bonchev–Trinajstić information content (AvgIpc) is 3.46. The van der Waals surface area contributed by atoms with E-state index in [4.69, 9.17) is 11.6 Å². The van der Waals surface area contributed by atoms with Crippen LogP contribution in [0.25, 0.3) is 0 Å². The summed E-state index contributed by atoms with van der Waals surface area (Å²) in [6, 6.07) is 8.85. The molecule has 2 fully saturated rings. The number of likely N-dealkylation sites (tertiary alicyclic amines) is 1. The maximum Gasteiger partial charge on any atom is 0.193 e. The number of guanidine groups is 1. The van der Waals surface area contributed by atoms with Gasteiger partial charge in [-0.3, -0.25) is 14.8 Å². The van der Waals surface area contributed by atoms with Crippen LogP contribution in [-0.4, -0.2) is 99.2 Å². The van der Waals surface area contributed by atoms with Crippen molar-refractivity contribution in [2.75, 3.05) is 77.4 Å². The number of halogens is 2. The number of hydrogen-bond acceptors (Lipinski definition) is 4. The van der Waals surface area contributed by atoms with Crippen LogP contribution < -0.4 is 10.2 Å². The molecule has 0 saturated carbocycles. The average molecular weight is 559 g/mol. The number of piperazine rings is 1. The van der Waals surface area contributed by atoms with E-state index in [9.17, 15) is 0 Å². The van der Waals surface area contributed by atoms with Gasteiger partial charge in [-0.05, 0) is 37.6 Å². The summed E-state index contributed by atoms with van der Waals surface area (Å²) in [6.45, 7) is 10.9. The summed E-state index contributed by atoms with van der Waals surface area (Å²) < 4.78 is 0. The summed E-state index contributed by atoms with van der Waals surface area (Å²) in [4.78, 5) is 14.5. The van der Waals surface area contributed by atoms with Gasteiger partial charge < -0.3 is 15.1 Å². The molecule has 0 aliphatic carbocycles. The largest absolute Gasteiger partial charge is 0.369 e. The second-order valence-corrected chi connectivity index (χ2v) is 8.89. The molecule has 0 aromatic heterocycles. The second kappa shape index (κ2) is 12.3. The molecule has 31 heavy (non-hydrogen) atoms. The van der Waals surface area contributed by atoms with Crippen LogP contribution in [0.1, 0.15) is 12.8 Å². The van der Waals surface area contributed by atoms with Crippen molar-refractivity contribution in [3.8, 4) is 0 Å². The molecule has 1 atom stereocenters. The summed E-state index contributed by atoms with van der Waals surface area (Å²) in [5.41, 5.74) is 1.24. The number of nitrogens with zero attached hydrogens (tertiary/aromatic N) is 5. The zero-order valence-corrected chi connectivity index (χ0v) is 21.6. The predicted octanol–water partition coefficient (Wildman–Crippen LogP) is 2.99. The maximum atomic E-state index is 6.14. The van der Waals surface area contributed by atoms with Gasteiger partial charge in [-0.1, -0.05) is 29.8 Å². The molecule has 1 unspecified atom stereocenters. The van der Waals surface area contributed by atoms with E-state index in [0.717, 1.165) is 82.9 Å². The highest BCUT2D eigenvalue weighted by atomic mass is 127. The molecular weight excluding hydrogens is 523 g/mol. The van der Waals surface area contributed by atoms with Crippen molar-refractivity contribution >= 4 is 47.2 Å². The van der Waals surface area contributed by atoms with E-state index < -0.39 is 0 Å².